The monoisotopic (exact) mass is 599 g/mol. The number of ether oxygens (including phenoxy) is 1. The van der Waals surface area contributed by atoms with E-state index in [4.69, 9.17) is 25.6 Å². The third-order valence-electron chi connectivity index (χ3n) is 5.23. The summed E-state index contributed by atoms with van der Waals surface area (Å²) in [5.41, 5.74) is 8.42. The molecule has 0 radical (unpaired) electrons. The van der Waals surface area contributed by atoms with E-state index >= 15 is 0 Å². The molecule has 1 aliphatic rings. The number of aromatic nitrogens is 1. The molecule has 1 saturated heterocycles. The number of benzene rings is 1. The van der Waals surface area contributed by atoms with Crippen LogP contribution in [0.4, 0.5) is 10.8 Å². The predicted octanol–water partition coefficient (Wildman–Crippen LogP) is -1.14. The number of nitrogens with one attached hydrogen (secondary N) is 1. The number of nitrogens with two attached hydrogens (primary N) is 2. The third-order valence-corrected chi connectivity index (χ3v) is 6.81. The van der Waals surface area contributed by atoms with Crippen LogP contribution in [-0.2, 0) is 45.7 Å². The standard InChI is InChI=1S/C20H21N7O11S2/c1-20(2,18(31)37-7-9-3-5-10(6-4-9)27(32)33)38-25-12(11-8-39-19(22)23-11)16(29)24-13-14(15(21)28)26(17(13)30)40(34,35)36/h3-6,8,13-14H,7H2,1-2H3,(H2,21,28)(H2,22,23)(H,24,29)(H,34,35,36)/t13-,14+/m1/s1. The van der Waals surface area contributed by atoms with Gasteiger partial charge in [-0.25, -0.2) is 9.78 Å². The van der Waals surface area contributed by atoms with Crippen molar-refractivity contribution in [2.75, 3.05) is 5.73 Å². The first-order valence-corrected chi connectivity index (χ1v) is 13.1. The van der Waals surface area contributed by atoms with Crippen molar-refractivity contribution >= 4 is 61.9 Å². The minimum absolute atomic E-state index is 0.00421. The van der Waals surface area contributed by atoms with Crippen molar-refractivity contribution < 1.29 is 46.6 Å². The normalized spacial score (nSPS) is 17.5. The number of oxime groups is 1. The molecule has 1 aliphatic heterocycles. The van der Waals surface area contributed by atoms with E-state index in [0.717, 1.165) is 11.3 Å². The molecule has 0 saturated carbocycles. The Morgan fingerprint density at radius 3 is 2.42 bits per heavy atom. The lowest BCUT2D eigenvalue weighted by molar-refractivity contribution is -0.384. The average Bonchev–Trinajstić information content (AvgIpc) is 3.28. The van der Waals surface area contributed by atoms with E-state index < -0.39 is 62.3 Å². The van der Waals surface area contributed by atoms with Crippen LogP contribution in [0.15, 0.2) is 34.8 Å². The molecular formula is C20H21N7O11S2. The van der Waals surface area contributed by atoms with Gasteiger partial charge in [-0.3, -0.25) is 29.1 Å². The number of non-ortho nitro benzene ring substituents is 1. The Balaban J connectivity index is 1.77. The fourth-order valence-corrected chi connectivity index (χ4v) is 4.59. The lowest BCUT2D eigenvalue weighted by atomic mass is 9.98. The number of esters is 1. The van der Waals surface area contributed by atoms with E-state index in [1.54, 1.807) is 0 Å². The molecule has 214 valence electrons. The highest BCUT2D eigenvalue weighted by Gasteiger charge is 2.57. The number of nitro groups is 1. The number of amides is 3. The molecule has 1 aromatic carbocycles. The number of primary amides is 1. The Bertz CT molecular complexity index is 1500. The van der Waals surface area contributed by atoms with Crippen LogP contribution in [0.3, 0.4) is 0 Å². The van der Waals surface area contributed by atoms with Crippen molar-refractivity contribution in [3.63, 3.8) is 0 Å². The van der Waals surface area contributed by atoms with Crippen LogP contribution in [-0.4, -0.2) is 74.3 Å². The molecule has 1 fully saturated rings. The molecule has 1 aromatic heterocycles. The van der Waals surface area contributed by atoms with Crippen molar-refractivity contribution in [2.45, 2.75) is 38.1 Å². The first-order valence-electron chi connectivity index (χ1n) is 10.8. The first kappa shape index (κ1) is 29.9. The quantitative estimate of drug-likeness (QED) is 0.0594. The second-order valence-corrected chi connectivity index (χ2v) is 10.7. The van der Waals surface area contributed by atoms with Crippen LogP contribution in [0, 0.1) is 10.1 Å². The Morgan fingerprint density at radius 2 is 1.93 bits per heavy atom. The van der Waals surface area contributed by atoms with Crippen molar-refractivity contribution in [1.82, 2.24) is 14.6 Å². The van der Waals surface area contributed by atoms with E-state index in [1.165, 1.54) is 43.5 Å². The number of carbonyl (C=O) groups excluding carboxylic acids is 4. The molecule has 6 N–H and O–H groups in total. The van der Waals surface area contributed by atoms with Crippen molar-refractivity contribution in [2.24, 2.45) is 10.9 Å². The molecule has 2 aromatic rings. The Labute approximate surface area is 228 Å². The van der Waals surface area contributed by atoms with Crippen molar-refractivity contribution in [1.29, 1.82) is 0 Å². The number of nitro benzene ring substituents is 1. The van der Waals surface area contributed by atoms with Gasteiger partial charge in [-0.15, -0.1) is 11.3 Å². The number of rotatable bonds is 11. The molecule has 2 atom stereocenters. The number of anilines is 1. The second-order valence-electron chi connectivity index (χ2n) is 8.52. The number of carbonyl (C=O) groups is 4. The molecule has 0 bridgehead atoms. The number of nitrogens with zero attached hydrogens (tertiary/aromatic N) is 4. The van der Waals surface area contributed by atoms with Gasteiger partial charge in [-0.1, -0.05) is 5.16 Å². The summed E-state index contributed by atoms with van der Waals surface area (Å²) in [7, 11) is -5.15. The van der Waals surface area contributed by atoms with E-state index in [0.29, 0.717) is 5.56 Å². The van der Waals surface area contributed by atoms with Gasteiger partial charge in [0.25, 0.3) is 17.5 Å². The van der Waals surface area contributed by atoms with E-state index in [1.807, 2.05) is 0 Å². The largest absolute Gasteiger partial charge is 0.458 e. The maximum absolute atomic E-state index is 13.0. The van der Waals surface area contributed by atoms with Gasteiger partial charge in [0.05, 0.1) is 4.92 Å². The molecule has 18 nitrogen and oxygen atoms in total. The van der Waals surface area contributed by atoms with Crippen LogP contribution in [0.5, 0.6) is 0 Å². The molecule has 20 heteroatoms. The second kappa shape index (κ2) is 11.2. The molecule has 0 aliphatic carbocycles. The van der Waals surface area contributed by atoms with Crippen LogP contribution in [0.25, 0.3) is 0 Å². The van der Waals surface area contributed by atoms with Crippen molar-refractivity contribution in [3.05, 3.63) is 51.0 Å². The minimum Gasteiger partial charge on any atom is -0.458 e. The predicted molar refractivity (Wildman–Crippen MR) is 134 cm³/mol. The zero-order chi connectivity index (χ0) is 30.0. The summed E-state index contributed by atoms with van der Waals surface area (Å²) in [6.45, 7) is 2.23. The van der Waals surface area contributed by atoms with Crippen molar-refractivity contribution in [3.8, 4) is 0 Å². The highest BCUT2D eigenvalue weighted by molar-refractivity contribution is 7.84. The first-order chi connectivity index (χ1) is 18.5. The lowest BCUT2D eigenvalue weighted by Gasteiger charge is -2.41. The van der Waals surface area contributed by atoms with Gasteiger partial charge in [-0.2, -0.15) is 12.7 Å². The van der Waals surface area contributed by atoms with Gasteiger partial charge >= 0.3 is 16.3 Å². The summed E-state index contributed by atoms with van der Waals surface area (Å²) >= 11 is 0.902. The lowest BCUT2D eigenvalue weighted by Crippen LogP contribution is -2.75. The summed E-state index contributed by atoms with van der Waals surface area (Å²) in [6.07, 6.45) is 0. The SMILES string of the molecule is CC(C)(ON=C(C(=O)N[C@H]1C(=O)N(S(=O)(=O)O)[C@@H]1C(N)=O)c1csc(N)n1)C(=O)OCc1ccc([N+](=O)[O-])cc1. The topological polar surface area (TPSA) is 277 Å². The fourth-order valence-electron chi connectivity index (χ4n) is 3.18. The smallest absolute Gasteiger partial charge is 0.363 e. The van der Waals surface area contributed by atoms with Crippen LogP contribution >= 0.6 is 11.3 Å². The maximum Gasteiger partial charge on any atom is 0.363 e. The Kier molecular flexibility index (Phi) is 8.36. The van der Waals surface area contributed by atoms with E-state index in [-0.39, 0.29) is 27.4 Å². The summed E-state index contributed by atoms with van der Waals surface area (Å²) < 4.78 is 36.9. The average molecular weight is 600 g/mol. The minimum atomic E-state index is -5.15. The molecule has 40 heavy (non-hydrogen) atoms. The van der Waals surface area contributed by atoms with E-state index in [9.17, 15) is 37.7 Å². The number of nitrogen functional groups attached to an aromatic ring is 1. The number of hydrogen-bond acceptors (Lipinski definition) is 14. The third kappa shape index (κ3) is 6.47. The summed E-state index contributed by atoms with van der Waals surface area (Å²) in [6, 6.07) is 1.51. The highest BCUT2D eigenvalue weighted by Crippen LogP contribution is 2.24. The van der Waals surface area contributed by atoms with E-state index in [2.05, 4.69) is 15.5 Å². The Hall–Kier alpha value is -4.69. The zero-order valence-corrected chi connectivity index (χ0v) is 22.2. The molecule has 0 unspecified atom stereocenters. The van der Waals surface area contributed by atoms with Gasteiger partial charge < -0.3 is 26.4 Å². The summed E-state index contributed by atoms with van der Waals surface area (Å²) in [5, 5.41) is 17.8. The summed E-state index contributed by atoms with van der Waals surface area (Å²) in [4.78, 5) is 68.9. The van der Waals surface area contributed by atoms with Crippen LogP contribution < -0.4 is 16.8 Å². The zero-order valence-electron chi connectivity index (χ0n) is 20.5. The Morgan fingerprint density at radius 1 is 1.30 bits per heavy atom. The number of β-lactam (4-membered cyclic amide) rings is 1. The van der Waals surface area contributed by atoms with Gasteiger partial charge in [0.1, 0.15) is 18.3 Å². The molecule has 3 rings (SSSR count). The molecule has 2 heterocycles. The molecule has 3 amide bonds. The molecule has 0 spiro atoms. The summed E-state index contributed by atoms with van der Waals surface area (Å²) in [5.74, 6) is -4.83. The van der Waals surface area contributed by atoms with Crippen LogP contribution in [0.1, 0.15) is 25.1 Å². The fraction of sp³-hybridized carbons (Fsp3) is 0.300. The van der Waals surface area contributed by atoms with Gasteiger partial charge in [-0.05, 0) is 31.5 Å². The van der Waals surface area contributed by atoms with Gasteiger partial charge in [0, 0.05) is 17.5 Å². The van der Waals surface area contributed by atoms with Gasteiger partial charge in [0.2, 0.25) is 11.5 Å². The molecular weight excluding hydrogens is 578 g/mol. The maximum atomic E-state index is 13.0. The van der Waals surface area contributed by atoms with Gasteiger partial charge in [0.15, 0.2) is 16.9 Å². The highest BCUT2D eigenvalue weighted by atomic mass is 32.2. The van der Waals surface area contributed by atoms with Crippen LogP contribution in [0.2, 0.25) is 0 Å². The number of thiazole rings is 1. The number of hydrogen-bond donors (Lipinski definition) is 4.